The van der Waals surface area contributed by atoms with Crippen LogP contribution in [0.3, 0.4) is 0 Å². The van der Waals surface area contributed by atoms with Crippen molar-refractivity contribution in [2.45, 2.75) is 46.5 Å². The summed E-state index contributed by atoms with van der Waals surface area (Å²) in [6.45, 7) is 11.2. The minimum atomic E-state index is 0.402. The van der Waals surface area contributed by atoms with Gasteiger partial charge in [-0.2, -0.15) is 9.38 Å². The van der Waals surface area contributed by atoms with Crippen molar-refractivity contribution in [1.29, 1.82) is 0 Å². The fourth-order valence-electron chi connectivity index (χ4n) is 4.63. The Labute approximate surface area is 176 Å². The maximum atomic E-state index is 5.03. The van der Waals surface area contributed by atoms with Crippen molar-refractivity contribution in [2.24, 2.45) is 7.05 Å². The maximum absolute atomic E-state index is 5.03. The molecule has 0 saturated heterocycles. The lowest BCUT2D eigenvalue weighted by atomic mass is 9.92. The third-order valence-corrected chi connectivity index (χ3v) is 6.09. The molecule has 0 saturated carbocycles. The lowest BCUT2D eigenvalue weighted by molar-refractivity contribution is -0.647. The van der Waals surface area contributed by atoms with Crippen LogP contribution >= 0.6 is 0 Å². The molecule has 0 aliphatic heterocycles. The lowest BCUT2D eigenvalue weighted by Gasteiger charge is -2.20. The molecule has 0 amide bonds. The van der Waals surface area contributed by atoms with Crippen LogP contribution in [0.15, 0.2) is 48.8 Å². The van der Waals surface area contributed by atoms with Gasteiger partial charge in [-0.25, -0.2) is 9.55 Å². The number of hydrogen-bond acceptors (Lipinski definition) is 2. The van der Waals surface area contributed by atoms with Crippen LogP contribution in [-0.4, -0.2) is 18.9 Å². The van der Waals surface area contributed by atoms with Crippen LogP contribution in [0.25, 0.3) is 33.8 Å². The normalized spacial score (nSPS) is 12.3. The van der Waals surface area contributed by atoms with E-state index >= 15 is 0 Å². The summed E-state index contributed by atoms with van der Waals surface area (Å²) in [4.78, 5) is 9.60. The van der Waals surface area contributed by atoms with Crippen molar-refractivity contribution in [1.82, 2.24) is 18.9 Å². The Morgan fingerprint density at radius 3 is 2.27 bits per heavy atom. The van der Waals surface area contributed by atoms with Crippen molar-refractivity contribution in [3.05, 3.63) is 65.5 Å². The lowest BCUT2D eigenvalue weighted by Crippen LogP contribution is -2.29. The number of para-hydroxylation sites is 2. The molecule has 0 aliphatic carbocycles. The van der Waals surface area contributed by atoms with E-state index in [1.54, 1.807) is 0 Å². The summed E-state index contributed by atoms with van der Waals surface area (Å²) in [6, 6.07) is 13.2. The first-order chi connectivity index (χ1) is 14.4. The smallest absolute Gasteiger partial charge is 0.256 e. The van der Waals surface area contributed by atoms with Crippen LogP contribution in [-0.2, 0) is 7.05 Å². The Kier molecular flexibility index (Phi) is 4.17. The van der Waals surface area contributed by atoms with Gasteiger partial charge in [0.15, 0.2) is 5.52 Å². The van der Waals surface area contributed by atoms with Crippen molar-refractivity contribution < 1.29 is 4.57 Å². The molecule has 0 fully saturated rings. The molecule has 2 aromatic carbocycles. The first-order valence-electron chi connectivity index (χ1n) is 10.7. The van der Waals surface area contributed by atoms with Crippen molar-refractivity contribution in [3.63, 3.8) is 0 Å². The van der Waals surface area contributed by atoms with Gasteiger partial charge in [0.2, 0.25) is 5.65 Å². The number of aryl methyl sites for hydroxylation is 2. The Bertz CT molecular complexity index is 1390. The second kappa shape index (κ2) is 6.66. The van der Waals surface area contributed by atoms with Crippen LogP contribution in [0.5, 0.6) is 0 Å². The van der Waals surface area contributed by atoms with Crippen LogP contribution in [0, 0.1) is 6.92 Å². The fraction of sp³-hybridized carbons (Fsp3) is 0.320. The van der Waals surface area contributed by atoms with Gasteiger partial charge in [-0.15, -0.1) is 0 Å². The van der Waals surface area contributed by atoms with Gasteiger partial charge in [0.05, 0.1) is 24.4 Å². The monoisotopic (exact) mass is 398 g/mol. The predicted molar refractivity (Wildman–Crippen MR) is 121 cm³/mol. The molecular weight excluding hydrogens is 370 g/mol. The Morgan fingerprint density at radius 1 is 0.933 bits per heavy atom. The zero-order valence-corrected chi connectivity index (χ0v) is 18.5. The van der Waals surface area contributed by atoms with Gasteiger partial charge in [-0.05, 0) is 41.5 Å². The molecule has 0 atom stereocenters. The molecule has 152 valence electrons. The Morgan fingerprint density at radius 2 is 1.60 bits per heavy atom. The van der Waals surface area contributed by atoms with E-state index in [1.165, 1.54) is 33.4 Å². The van der Waals surface area contributed by atoms with E-state index in [9.17, 15) is 0 Å². The molecule has 5 aromatic rings. The molecule has 0 bridgehead atoms. The van der Waals surface area contributed by atoms with Crippen LogP contribution in [0.2, 0.25) is 0 Å². The third-order valence-electron chi connectivity index (χ3n) is 6.09. The highest BCUT2D eigenvalue weighted by atomic mass is 15.3. The number of hydrogen-bond donors (Lipinski definition) is 0. The summed E-state index contributed by atoms with van der Waals surface area (Å²) in [5.41, 5.74) is 9.31. The Balaban J connectivity index is 2.08. The highest BCUT2D eigenvalue weighted by Crippen LogP contribution is 2.36. The molecule has 0 radical (unpaired) electrons. The van der Waals surface area contributed by atoms with Gasteiger partial charge >= 0.3 is 11.4 Å². The molecule has 5 nitrogen and oxygen atoms in total. The van der Waals surface area contributed by atoms with E-state index in [-0.39, 0.29) is 0 Å². The van der Waals surface area contributed by atoms with Gasteiger partial charge < -0.3 is 0 Å². The van der Waals surface area contributed by atoms with Crippen molar-refractivity contribution in [3.8, 4) is 5.69 Å². The quantitative estimate of drug-likeness (QED) is 0.392. The molecule has 30 heavy (non-hydrogen) atoms. The fourth-order valence-corrected chi connectivity index (χ4v) is 4.63. The van der Waals surface area contributed by atoms with Crippen LogP contribution < -0.4 is 4.57 Å². The summed E-state index contributed by atoms with van der Waals surface area (Å²) >= 11 is 0. The zero-order chi connectivity index (χ0) is 21.2. The number of rotatable bonds is 3. The van der Waals surface area contributed by atoms with E-state index < -0.39 is 0 Å². The minimum Gasteiger partial charge on any atom is -0.256 e. The molecule has 3 heterocycles. The topological polar surface area (TPSA) is 39.0 Å². The minimum absolute atomic E-state index is 0.402. The first kappa shape index (κ1) is 18.8. The van der Waals surface area contributed by atoms with E-state index in [1.807, 2.05) is 12.4 Å². The first-order valence-corrected chi connectivity index (χ1v) is 10.7. The number of aromatic nitrogens is 5. The number of imidazole rings is 2. The van der Waals surface area contributed by atoms with Gasteiger partial charge in [0.25, 0.3) is 0 Å². The van der Waals surface area contributed by atoms with Crippen molar-refractivity contribution >= 4 is 28.1 Å². The third kappa shape index (κ3) is 2.51. The van der Waals surface area contributed by atoms with E-state index in [4.69, 9.17) is 4.98 Å². The number of fused-ring (bicyclic) bond motifs is 5. The van der Waals surface area contributed by atoms with Crippen molar-refractivity contribution in [2.75, 3.05) is 0 Å². The highest BCUT2D eigenvalue weighted by Gasteiger charge is 2.29. The molecule has 0 spiro atoms. The van der Waals surface area contributed by atoms with Gasteiger partial charge in [0, 0.05) is 0 Å². The maximum Gasteiger partial charge on any atom is 0.335 e. The molecule has 3 aromatic heterocycles. The summed E-state index contributed by atoms with van der Waals surface area (Å²) in [5, 5.41) is 0. The average molecular weight is 399 g/mol. The van der Waals surface area contributed by atoms with Crippen LogP contribution in [0.1, 0.15) is 56.2 Å². The summed E-state index contributed by atoms with van der Waals surface area (Å²) < 4.78 is 6.74. The standard InChI is InChI=1S/C25H28N5/c1-15(2)18-10-8-11-19(16(3)4)22(18)29-20-12-7-9-17(5)21(20)30-24-23(27-25(29)30)26-13-14-28(24)6/h7-16H,1-6H3/q+1. The number of nitrogens with zero attached hydrogens (tertiary/aromatic N) is 5. The SMILES string of the molecule is Cc1cccc2c1n1c(nc3ncc[n+](C)c31)n2-c1c(C(C)C)cccc1C(C)C. The highest BCUT2D eigenvalue weighted by molar-refractivity contribution is 5.91. The zero-order valence-electron chi connectivity index (χ0n) is 18.5. The molecule has 0 N–H and O–H groups in total. The number of benzene rings is 2. The van der Waals surface area contributed by atoms with E-state index in [0.29, 0.717) is 11.8 Å². The molecule has 5 rings (SSSR count). The molecule has 5 heteroatoms. The van der Waals surface area contributed by atoms with Gasteiger partial charge in [-0.3, -0.25) is 4.57 Å². The van der Waals surface area contributed by atoms with E-state index in [2.05, 4.69) is 96.6 Å². The molecule has 0 unspecified atom stereocenters. The van der Waals surface area contributed by atoms with Crippen LogP contribution in [0.4, 0.5) is 0 Å². The summed E-state index contributed by atoms with van der Waals surface area (Å²) in [5.74, 6) is 1.72. The average Bonchev–Trinajstić information content (AvgIpc) is 3.22. The second-order valence-corrected chi connectivity index (χ2v) is 8.81. The summed E-state index contributed by atoms with van der Waals surface area (Å²) in [6.07, 6.45) is 3.80. The predicted octanol–water partition coefficient (Wildman–Crippen LogP) is 5.21. The largest absolute Gasteiger partial charge is 0.335 e. The van der Waals surface area contributed by atoms with Gasteiger partial charge in [0.1, 0.15) is 6.20 Å². The molecule has 0 aliphatic rings. The van der Waals surface area contributed by atoms with E-state index in [0.717, 1.165) is 17.1 Å². The second-order valence-electron chi connectivity index (χ2n) is 8.81. The Hall–Kier alpha value is -3.21. The summed E-state index contributed by atoms with van der Waals surface area (Å²) in [7, 11) is 2.06. The molecular formula is C25H28N5+. The van der Waals surface area contributed by atoms with Gasteiger partial charge in [-0.1, -0.05) is 58.0 Å².